The number of primary amides is 1. The van der Waals surface area contributed by atoms with Crippen LogP contribution in [0.25, 0.3) is 10.9 Å². The number of aromatic carboxylic acids is 1. The number of carboxylic acids is 1. The van der Waals surface area contributed by atoms with E-state index in [1.807, 2.05) is 0 Å². The molecule has 1 heterocycles. The zero-order valence-electron chi connectivity index (χ0n) is 9.29. The van der Waals surface area contributed by atoms with Crippen LogP contribution in [0.4, 0.5) is 0 Å². The Morgan fingerprint density at radius 3 is 2.72 bits per heavy atom. The zero-order valence-corrected chi connectivity index (χ0v) is 9.29. The van der Waals surface area contributed by atoms with E-state index in [1.165, 1.54) is 6.20 Å². The molecule has 0 saturated carbocycles. The van der Waals surface area contributed by atoms with Crippen LogP contribution < -0.4 is 10.5 Å². The van der Waals surface area contributed by atoms with Crippen molar-refractivity contribution < 1.29 is 19.4 Å². The minimum absolute atomic E-state index is 0.0261. The number of amides is 1. The fourth-order valence-corrected chi connectivity index (χ4v) is 1.60. The van der Waals surface area contributed by atoms with Gasteiger partial charge in [-0.1, -0.05) is 18.2 Å². The van der Waals surface area contributed by atoms with Gasteiger partial charge in [-0.15, -0.1) is 0 Å². The largest absolute Gasteiger partial charge is 0.481 e. The van der Waals surface area contributed by atoms with Crippen molar-refractivity contribution in [3.63, 3.8) is 0 Å². The Balaban J connectivity index is 2.55. The highest BCUT2D eigenvalue weighted by Gasteiger charge is 2.16. The van der Waals surface area contributed by atoms with Gasteiger partial charge in [0.05, 0.1) is 11.7 Å². The number of carboxylic acid groups (broad SMARTS) is 1. The molecule has 0 radical (unpaired) electrons. The lowest BCUT2D eigenvalue weighted by Crippen LogP contribution is -2.21. The summed E-state index contributed by atoms with van der Waals surface area (Å²) < 4.78 is 5.05. The Kier molecular flexibility index (Phi) is 3.09. The zero-order chi connectivity index (χ0) is 13.1. The molecular weight excluding hydrogens is 236 g/mol. The summed E-state index contributed by atoms with van der Waals surface area (Å²) in [6, 6.07) is 6.78. The van der Waals surface area contributed by atoms with Crippen molar-refractivity contribution >= 4 is 22.8 Å². The first kappa shape index (κ1) is 11.8. The Bertz CT molecular complexity index is 625. The van der Waals surface area contributed by atoms with Gasteiger partial charge in [0.25, 0.3) is 5.91 Å². The van der Waals surface area contributed by atoms with Crippen LogP contribution in [0.1, 0.15) is 10.4 Å². The molecule has 1 amide bonds. The maximum atomic E-state index is 11.3. The summed E-state index contributed by atoms with van der Waals surface area (Å²) in [5, 5.41) is 9.66. The predicted octanol–water partition coefficient (Wildman–Crippen LogP) is 0.797. The third-order valence-electron chi connectivity index (χ3n) is 2.32. The van der Waals surface area contributed by atoms with E-state index in [9.17, 15) is 14.7 Å². The van der Waals surface area contributed by atoms with Crippen molar-refractivity contribution in [3.05, 3.63) is 36.0 Å². The number of hydrogen-bond acceptors (Lipinski definition) is 4. The number of carbonyl (C=O) groups is 2. The maximum Gasteiger partial charge on any atom is 0.340 e. The van der Waals surface area contributed by atoms with Crippen molar-refractivity contribution in [2.24, 2.45) is 5.73 Å². The van der Waals surface area contributed by atoms with Crippen molar-refractivity contribution in [2.75, 3.05) is 6.61 Å². The quantitative estimate of drug-likeness (QED) is 0.830. The van der Waals surface area contributed by atoms with Gasteiger partial charge in [0, 0.05) is 5.39 Å². The summed E-state index contributed by atoms with van der Waals surface area (Å²) in [5.41, 5.74) is 5.46. The maximum absolute atomic E-state index is 11.3. The predicted molar refractivity (Wildman–Crippen MR) is 63.4 cm³/mol. The molecule has 6 heteroatoms. The molecule has 0 fully saturated rings. The van der Waals surface area contributed by atoms with E-state index in [0.29, 0.717) is 10.9 Å². The molecule has 6 nitrogen and oxygen atoms in total. The molecule has 0 aliphatic carbocycles. The first-order valence-corrected chi connectivity index (χ1v) is 5.11. The molecule has 0 atom stereocenters. The smallest absolute Gasteiger partial charge is 0.340 e. The standard InChI is InChI=1S/C12H10N2O4/c13-10(15)6-18-9-5-14-8-4-2-1-3-7(8)11(9)12(16)17/h1-5H,6H2,(H2,13,15)(H,16,17). The van der Waals surface area contributed by atoms with Gasteiger partial charge in [0.2, 0.25) is 0 Å². The minimum Gasteiger partial charge on any atom is -0.481 e. The highest BCUT2D eigenvalue weighted by Crippen LogP contribution is 2.26. The van der Waals surface area contributed by atoms with Crippen LogP contribution in [0.5, 0.6) is 5.75 Å². The lowest BCUT2D eigenvalue weighted by Gasteiger charge is -2.09. The van der Waals surface area contributed by atoms with Gasteiger partial charge < -0.3 is 15.6 Å². The molecule has 0 aliphatic rings. The summed E-state index contributed by atoms with van der Waals surface area (Å²) in [5.74, 6) is -1.80. The molecule has 2 rings (SSSR count). The van der Waals surface area contributed by atoms with Crippen molar-refractivity contribution in [3.8, 4) is 5.75 Å². The Hall–Kier alpha value is -2.63. The van der Waals surface area contributed by atoms with Gasteiger partial charge in [0.1, 0.15) is 5.56 Å². The van der Waals surface area contributed by atoms with Crippen molar-refractivity contribution in [1.29, 1.82) is 0 Å². The van der Waals surface area contributed by atoms with Crippen LogP contribution in [0.15, 0.2) is 30.5 Å². The SMILES string of the molecule is NC(=O)COc1cnc2ccccc2c1C(=O)O. The van der Waals surface area contributed by atoms with Crippen molar-refractivity contribution in [2.45, 2.75) is 0 Å². The third-order valence-corrected chi connectivity index (χ3v) is 2.32. The van der Waals surface area contributed by atoms with E-state index in [-0.39, 0.29) is 17.9 Å². The second-order valence-electron chi connectivity index (χ2n) is 3.57. The molecule has 1 aromatic heterocycles. The number of para-hydroxylation sites is 1. The Labute approximate surface area is 102 Å². The van der Waals surface area contributed by atoms with E-state index in [2.05, 4.69) is 4.98 Å². The molecule has 18 heavy (non-hydrogen) atoms. The fraction of sp³-hybridized carbons (Fsp3) is 0.0833. The number of benzene rings is 1. The van der Waals surface area contributed by atoms with Crippen LogP contribution in [0.3, 0.4) is 0 Å². The number of carbonyl (C=O) groups excluding carboxylic acids is 1. The number of pyridine rings is 1. The summed E-state index contributed by atoms with van der Waals surface area (Å²) >= 11 is 0. The first-order chi connectivity index (χ1) is 8.59. The van der Waals surface area contributed by atoms with E-state index >= 15 is 0 Å². The molecule has 0 unspecified atom stereocenters. The molecule has 1 aromatic carbocycles. The highest BCUT2D eigenvalue weighted by atomic mass is 16.5. The summed E-state index contributed by atoms with van der Waals surface area (Å²) in [7, 11) is 0. The molecule has 92 valence electrons. The number of fused-ring (bicyclic) bond motifs is 1. The molecular formula is C12H10N2O4. The van der Waals surface area contributed by atoms with Gasteiger partial charge in [-0.3, -0.25) is 9.78 Å². The van der Waals surface area contributed by atoms with Gasteiger partial charge >= 0.3 is 5.97 Å². The van der Waals surface area contributed by atoms with E-state index in [4.69, 9.17) is 10.5 Å². The summed E-state index contributed by atoms with van der Waals surface area (Å²) in [6.45, 7) is -0.389. The number of ether oxygens (including phenoxy) is 1. The lowest BCUT2D eigenvalue weighted by molar-refractivity contribution is -0.119. The van der Waals surface area contributed by atoms with E-state index in [0.717, 1.165) is 0 Å². The Morgan fingerprint density at radius 1 is 1.33 bits per heavy atom. The molecule has 0 aliphatic heterocycles. The fourth-order valence-electron chi connectivity index (χ4n) is 1.60. The van der Waals surface area contributed by atoms with E-state index < -0.39 is 11.9 Å². The monoisotopic (exact) mass is 246 g/mol. The number of nitrogens with two attached hydrogens (primary N) is 1. The van der Waals surface area contributed by atoms with Crippen LogP contribution >= 0.6 is 0 Å². The summed E-state index contributed by atoms with van der Waals surface area (Å²) in [4.78, 5) is 26.0. The number of hydrogen-bond donors (Lipinski definition) is 2. The number of rotatable bonds is 4. The molecule has 2 aromatic rings. The normalized spacial score (nSPS) is 10.2. The van der Waals surface area contributed by atoms with Gasteiger partial charge in [-0.05, 0) is 6.07 Å². The lowest BCUT2D eigenvalue weighted by atomic mass is 10.1. The van der Waals surface area contributed by atoms with Crippen LogP contribution in [-0.4, -0.2) is 28.6 Å². The molecule has 3 N–H and O–H groups in total. The highest BCUT2D eigenvalue weighted by molar-refractivity contribution is 6.04. The molecule has 0 spiro atoms. The van der Waals surface area contributed by atoms with Crippen LogP contribution in [0, 0.1) is 0 Å². The van der Waals surface area contributed by atoms with Gasteiger partial charge in [0.15, 0.2) is 12.4 Å². The number of aromatic nitrogens is 1. The minimum atomic E-state index is -1.15. The number of nitrogens with zero attached hydrogens (tertiary/aromatic N) is 1. The molecule has 0 bridgehead atoms. The molecule has 0 saturated heterocycles. The average Bonchev–Trinajstić information content (AvgIpc) is 2.35. The second-order valence-corrected chi connectivity index (χ2v) is 3.57. The van der Waals surface area contributed by atoms with E-state index in [1.54, 1.807) is 24.3 Å². The summed E-state index contributed by atoms with van der Waals surface area (Å²) in [6.07, 6.45) is 1.27. The third kappa shape index (κ3) is 2.22. The second kappa shape index (κ2) is 4.70. The topological polar surface area (TPSA) is 103 Å². The van der Waals surface area contributed by atoms with Gasteiger partial charge in [-0.25, -0.2) is 4.79 Å². The van der Waals surface area contributed by atoms with Crippen LogP contribution in [0.2, 0.25) is 0 Å². The van der Waals surface area contributed by atoms with Crippen molar-refractivity contribution in [1.82, 2.24) is 4.98 Å². The average molecular weight is 246 g/mol. The van der Waals surface area contributed by atoms with Crippen LogP contribution in [-0.2, 0) is 4.79 Å². The van der Waals surface area contributed by atoms with Gasteiger partial charge in [-0.2, -0.15) is 0 Å². The first-order valence-electron chi connectivity index (χ1n) is 5.11. The Morgan fingerprint density at radius 2 is 2.06 bits per heavy atom.